The van der Waals surface area contributed by atoms with Crippen LogP contribution < -0.4 is 5.32 Å². The largest absolute Gasteiger partial charge is 0.381 e. The third-order valence-corrected chi connectivity index (χ3v) is 5.02. The fraction of sp³-hybridized carbons (Fsp3) is 0.273. The molecule has 0 atom stereocenters. The second-order valence-electron chi connectivity index (χ2n) is 6.74. The van der Waals surface area contributed by atoms with E-state index in [0.29, 0.717) is 18.0 Å². The van der Waals surface area contributed by atoms with Crippen molar-refractivity contribution in [2.75, 3.05) is 13.2 Å². The number of carbonyl (C=O) groups excluding carboxylic acids is 1. The topological polar surface area (TPSA) is 56.2 Å². The molecule has 4 rings (SSSR count). The van der Waals surface area contributed by atoms with Crippen LogP contribution >= 0.6 is 0 Å². The summed E-state index contributed by atoms with van der Waals surface area (Å²) in [6.07, 6.45) is 5.75. The summed E-state index contributed by atoms with van der Waals surface area (Å²) in [5.74, 6) is 1.25. The van der Waals surface area contributed by atoms with Gasteiger partial charge in [0.2, 0.25) is 0 Å². The quantitative estimate of drug-likeness (QED) is 0.754. The minimum Gasteiger partial charge on any atom is -0.381 e. The number of nitrogens with one attached hydrogen (secondary N) is 1. The first-order chi connectivity index (χ1) is 13.3. The zero-order valence-corrected chi connectivity index (χ0v) is 15.2. The Balaban J connectivity index is 1.39. The Morgan fingerprint density at radius 3 is 2.56 bits per heavy atom. The highest BCUT2D eigenvalue weighted by Crippen LogP contribution is 2.26. The van der Waals surface area contributed by atoms with Gasteiger partial charge in [0.05, 0.1) is 6.54 Å². The van der Waals surface area contributed by atoms with E-state index in [4.69, 9.17) is 4.74 Å². The first-order valence-corrected chi connectivity index (χ1v) is 9.35. The van der Waals surface area contributed by atoms with Gasteiger partial charge in [-0.3, -0.25) is 4.79 Å². The number of aromatic nitrogens is 2. The van der Waals surface area contributed by atoms with Crippen molar-refractivity contribution in [3.05, 3.63) is 83.9 Å². The van der Waals surface area contributed by atoms with Crippen molar-refractivity contribution >= 4 is 5.91 Å². The molecule has 1 aliphatic heterocycles. The van der Waals surface area contributed by atoms with E-state index < -0.39 is 0 Å². The van der Waals surface area contributed by atoms with Crippen molar-refractivity contribution < 1.29 is 9.53 Å². The molecule has 1 saturated heterocycles. The lowest BCUT2D eigenvalue weighted by atomic mass is 9.91. The summed E-state index contributed by atoms with van der Waals surface area (Å²) in [5, 5.41) is 2.97. The number of ether oxygens (including phenoxy) is 1. The van der Waals surface area contributed by atoms with Crippen LogP contribution in [-0.4, -0.2) is 28.7 Å². The van der Waals surface area contributed by atoms with Crippen molar-refractivity contribution in [1.82, 2.24) is 14.9 Å². The standard InChI is InChI=1S/C22H23N3O2/c26-22(19-8-6-17(7-9-19)18-10-14-27-15-11-18)24-16-21-23-12-13-25(21)20-4-2-1-3-5-20/h1-9,12-13,18H,10-11,14-16H2,(H,24,26). The Bertz CT molecular complexity index is 881. The zero-order valence-electron chi connectivity index (χ0n) is 15.2. The average Bonchev–Trinajstić information content (AvgIpc) is 3.22. The molecule has 27 heavy (non-hydrogen) atoms. The number of para-hydroxylation sites is 1. The Morgan fingerprint density at radius 1 is 1.07 bits per heavy atom. The van der Waals surface area contributed by atoms with Gasteiger partial charge in [-0.15, -0.1) is 0 Å². The maximum Gasteiger partial charge on any atom is 0.251 e. The summed E-state index contributed by atoms with van der Waals surface area (Å²) in [4.78, 5) is 16.9. The molecule has 3 aromatic rings. The summed E-state index contributed by atoms with van der Waals surface area (Å²) in [5.41, 5.74) is 2.98. The van der Waals surface area contributed by atoms with Crippen LogP contribution in [0.15, 0.2) is 67.0 Å². The van der Waals surface area contributed by atoms with Crippen LogP contribution in [0.1, 0.15) is 40.5 Å². The second kappa shape index (κ2) is 8.18. The molecule has 1 aromatic heterocycles. The van der Waals surface area contributed by atoms with Crippen LogP contribution in [0.5, 0.6) is 0 Å². The molecular formula is C22H23N3O2. The monoisotopic (exact) mass is 361 g/mol. The van der Waals surface area contributed by atoms with Gasteiger partial charge in [-0.25, -0.2) is 4.98 Å². The molecule has 138 valence electrons. The molecule has 1 fully saturated rings. The van der Waals surface area contributed by atoms with E-state index in [9.17, 15) is 4.79 Å². The van der Waals surface area contributed by atoms with E-state index in [1.807, 2.05) is 53.2 Å². The maximum atomic E-state index is 12.5. The van der Waals surface area contributed by atoms with E-state index in [0.717, 1.165) is 37.6 Å². The molecule has 0 unspecified atom stereocenters. The summed E-state index contributed by atoms with van der Waals surface area (Å²) in [6.45, 7) is 2.02. The summed E-state index contributed by atoms with van der Waals surface area (Å²) >= 11 is 0. The molecule has 1 N–H and O–H groups in total. The van der Waals surface area contributed by atoms with Gasteiger partial charge in [0.15, 0.2) is 0 Å². The summed E-state index contributed by atoms with van der Waals surface area (Å²) in [6, 6.07) is 17.9. The van der Waals surface area contributed by atoms with Crippen molar-refractivity contribution in [3.8, 4) is 5.69 Å². The Kier molecular flexibility index (Phi) is 5.30. The molecule has 0 saturated carbocycles. The number of carbonyl (C=O) groups is 1. The van der Waals surface area contributed by atoms with E-state index in [1.165, 1.54) is 5.56 Å². The summed E-state index contributed by atoms with van der Waals surface area (Å²) < 4.78 is 7.40. The predicted molar refractivity (Wildman–Crippen MR) is 104 cm³/mol. The van der Waals surface area contributed by atoms with Gasteiger partial charge >= 0.3 is 0 Å². The first kappa shape index (κ1) is 17.5. The van der Waals surface area contributed by atoms with Crippen molar-refractivity contribution in [2.45, 2.75) is 25.3 Å². The Hall–Kier alpha value is -2.92. The second-order valence-corrected chi connectivity index (χ2v) is 6.74. The Morgan fingerprint density at radius 2 is 1.81 bits per heavy atom. The third-order valence-electron chi connectivity index (χ3n) is 5.02. The highest BCUT2D eigenvalue weighted by Gasteiger charge is 2.16. The van der Waals surface area contributed by atoms with Gasteiger partial charge in [0.1, 0.15) is 5.82 Å². The van der Waals surface area contributed by atoms with Crippen LogP contribution in [0.4, 0.5) is 0 Å². The molecule has 1 aliphatic rings. The third kappa shape index (κ3) is 4.09. The minimum absolute atomic E-state index is 0.0869. The SMILES string of the molecule is O=C(NCc1nccn1-c1ccccc1)c1ccc(C2CCOCC2)cc1. The van der Waals surface area contributed by atoms with Crippen molar-refractivity contribution in [1.29, 1.82) is 0 Å². The van der Waals surface area contributed by atoms with Crippen molar-refractivity contribution in [2.24, 2.45) is 0 Å². The lowest BCUT2D eigenvalue weighted by Crippen LogP contribution is -2.24. The smallest absolute Gasteiger partial charge is 0.251 e. The number of hydrogen-bond donors (Lipinski definition) is 1. The van der Waals surface area contributed by atoms with Gasteiger partial charge in [0, 0.05) is 36.9 Å². The summed E-state index contributed by atoms with van der Waals surface area (Å²) in [7, 11) is 0. The van der Waals surface area contributed by atoms with Crippen molar-refractivity contribution in [3.63, 3.8) is 0 Å². The van der Waals surface area contributed by atoms with Crippen LogP contribution in [0.2, 0.25) is 0 Å². The number of imidazole rings is 1. The Labute approximate surface area is 159 Å². The number of hydrogen-bond acceptors (Lipinski definition) is 3. The molecule has 5 heteroatoms. The molecule has 0 radical (unpaired) electrons. The molecule has 2 heterocycles. The normalized spacial score (nSPS) is 14.8. The molecule has 2 aromatic carbocycles. The average molecular weight is 361 g/mol. The fourth-order valence-electron chi connectivity index (χ4n) is 3.49. The van der Waals surface area contributed by atoms with E-state index >= 15 is 0 Å². The molecule has 5 nitrogen and oxygen atoms in total. The van der Waals surface area contributed by atoms with Gasteiger partial charge in [0.25, 0.3) is 5.91 Å². The van der Waals surface area contributed by atoms with Crippen LogP contribution in [0.25, 0.3) is 5.69 Å². The molecular weight excluding hydrogens is 338 g/mol. The maximum absolute atomic E-state index is 12.5. The number of benzene rings is 2. The first-order valence-electron chi connectivity index (χ1n) is 9.35. The number of rotatable bonds is 5. The zero-order chi connectivity index (χ0) is 18.5. The van der Waals surface area contributed by atoms with Crippen LogP contribution in [0.3, 0.4) is 0 Å². The molecule has 1 amide bonds. The molecule has 0 aliphatic carbocycles. The number of amides is 1. The highest BCUT2D eigenvalue weighted by atomic mass is 16.5. The minimum atomic E-state index is -0.0869. The van der Waals surface area contributed by atoms with E-state index in [1.54, 1.807) is 6.20 Å². The molecule has 0 bridgehead atoms. The molecule has 0 spiro atoms. The predicted octanol–water partition coefficient (Wildman–Crippen LogP) is 3.70. The van der Waals surface area contributed by atoms with E-state index in [2.05, 4.69) is 22.4 Å². The number of nitrogens with zero attached hydrogens (tertiary/aromatic N) is 2. The fourth-order valence-corrected chi connectivity index (χ4v) is 3.49. The van der Waals surface area contributed by atoms with Crippen LogP contribution in [0, 0.1) is 0 Å². The lowest BCUT2D eigenvalue weighted by Gasteiger charge is -2.22. The van der Waals surface area contributed by atoms with Gasteiger partial charge in [-0.2, -0.15) is 0 Å². The van der Waals surface area contributed by atoms with Gasteiger partial charge in [-0.1, -0.05) is 30.3 Å². The highest BCUT2D eigenvalue weighted by molar-refractivity contribution is 5.94. The van der Waals surface area contributed by atoms with E-state index in [-0.39, 0.29) is 5.91 Å². The van der Waals surface area contributed by atoms with Crippen LogP contribution in [-0.2, 0) is 11.3 Å². The van der Waals surface area contributed by atoms with Gasteiger partial charge in [-0.05, 0) is 48.6 Å². The lowest BCUT2D eigenvalue weighted by molar-refractivity contribution is 0.0853. The van der Waals surface area contributed by atoms with Gasteiger partial charge < -0.3 is 14.6 Å².